The van der Waals surface area contributed by atoms with Crippen LogP contribution in [0, 0.1) is 0 Å². The van der Waals surface area contributed by atoms with Crippen molar-refractivity contribution in [3.63, 3.8) is 0 Å². The van der Waals surface area contributed by atoms with E-state index in [0.29, 0.717) is 6.04 Å². The van der Waals surface area contributed by atoms with E-state index in [2.05, 4.69) is 52.8 Å². The zero-order valence-electron chi connectivity index (χ0n) is 11.6. The van der Waals surface area contributed by atoms with Crippen LogP contribution in [0.4, 0.5) is 0 Å². The molecule has 0 fully saturated rings. The average molecular weight is 292 g/mol. The predicted octanol–water partition coefficient (Wildman–Crippen LogP) is 4.05. The van der Waals surface area contributed by atoms with Crippen molar-refractivity contribution in [2.24, 2.45) is 0 Å². The molecule has 1 aliphatic rings. The molecule has 3 heterocycles. The molecule has 0 spiro atoms. The van der Waals surface area contributed by atoms with E-state index in [-0.39, 0.29) is 0 Å². The minimum atomic E-state index is 0.317. The van der Waals surface area contributed by atoms with Crippen LogP contribution in [-0.4, -0.2) is 11.5 Å². The van der Waals surface area contributed by atoms with Crippen LogP contribution in [0.1, 0.15) is 22.0 Å². The van der Waals surface area contributed by atoms with E-state index in [4.69, 9.17) is 0 Å². The van der Waals surface area contributed by atoms with E-state index in [0.717, 1.165) is 18.7 Å². The summed E-state index contributed by atoms with van der Waals surface area (Å²) in [4.78, 5) is 7.04. The van der Waals surface area contributed by atoms with Crippen LogP contribution in [0.5, 0.6) is 0 Å². The summed E-state index contributed by atoms with van der Waals surface area (Å²) in [5.41, 5.74) is 3.94. The maximum absolute atomic E-state index is 4.44. The molecule has 1 atom stereocenters. The highest BCUT2D eigenvalue weighted by atomic mass is 32.1. The van der Waals surface area contributed by atoms with Gasteiger partial charge in [-0.25, -0.2) is 0 Å². The number of hydrogen-bond acceptors (Lipinski definition) is 3. The van der Waals surface area contributed by atoms with E-state index in [1.54, 1.807) is 0 Å². The summed E-state index contributed by atoms with van der Waals surface area (Å²) in [5.74, 6) is 0. The van der Waals surface area contributed by atoms with Gasteiger partial charge in [0.1, 0.15) is 0 Å². The zero-order chi connectivity index (χ0) is 14.1. The number of aromatic nitrogens is 1. The largest absolute Gasteiger partial charge is 0.305 e. The van der Waals surface area contributed by atoms with Crippen molar-refractivity contribution in [1.29, 1.82) is 0 Å². The van der Waals surface area contributed by atoms with Crippen molar-refractivity contribution in [2.45, 2.75) is 12.5 Å². The molecule has 3 heteroatoms. The molecule has 3 aromatic rings. The molecule has 4 rings (SSSR count). The van der Waals surface area contributed by atoms with Crippen LogP contribution in [-0.2, 0) is 6.42 Å². The highest BCUT2D eigenvalue weighted by Gasteiger charge is 2.22. The molecule has 0 amide bonds. The summed E-state index contributed by atoms with van der Waals surface area (Å²) >= 11 is 1.83. The van der Waals surface area contributed by atoms with Gasteiger partial charge >= 0.3 is 0 Å². The Kier molecular flexibility index (Phi) is 3.30. The SMILES string of the molecule is c1ccc(-c2ccc([C@H]3NCCc4ccccc43)s2)nc1. The van der Waals surface area contributed by atoms with Gasteiger partial charge < -0.3 is 5.32 Å². The third kappa shape index (κ3) is 2.39. The molecule has 0 aliphatic carbocycles. The fourth-order valence-corrected chi connectivity index (χ4v) is 3.99. The molecule has 1 aromatic carbocycles. The highest BCUT2D eigenvalue weighted by molar-refractivity contribution is 7.15. The van der Waals surface area contributed by atoms with Gasteiger partial charge in [-0.15, -0.1) is 11.3 Å². The number of pyridine rings is 1. The second kappa shape index (κ2) is 5.43. The summed E-state index contributed by atoms with van der Waals surface area (Å²) in [6.45, 7) is 1.04. The third-order valence-electron chi connectivity index (χ3n) is 3.94. The minimum absolute atomic E-state index is 0.317. The van der Waals surface area contributed by atoms with Crippen LogP contribution in [0.25, 0.3) is 10.6 Å². The fraction of sp³-hybridized carbons (Fsp3) is 0.167. The molecule has 0 unspecified atom stereocenters. The maximum atomic E-state index is 4.44. The lowest BCUT2D eigenvalue weighted by atomic mass is 9.93. The molecule has 1 aliphatic heterocycles. The molecule has 21 heavy (non-hydrogen) atoms. The molecule has 0 bridgehead atoms. The molecule has 2 nitrogen and oxygen atoms in total. The Morgan fingerprint density at radius 3 is 2.81 bits per heavy atom. The fourth-order valence-electron chi connectivity index (χ4n) is 2.91. The number of nitrogens with one attached hydrogen (secondary N) is 1. The van der Waals surface area contributed by atoms with Gasteiger partial charge in [0.05, 0.1) is 16.6 Å². The van der Waals surface area contributed by atoms with Gasteiger partial charge in [-0.2, -0.15) is 0 Å². The zero-order valence-corrected chi connectivity index (χ0v) is 12.4. The Bertz CT molecular complexity index is 749. The Hall–Kier alpha value is -1.97. The number of thiophene rings is 1. The lowest BCUT2D eigenvalue weighted by Gasteiger charge is -2.26. The van der Waals surface area contributed by atoms with Crippen LogP contribution in [0.2, 0.25) is 0 Å². The Morgan fingerprint density at radius 2 is 1.90 bits per heavy atom. The van der Waals surface area contributed by atoms with Gasteiger partial charge in [0.2, 0.25) is 0 Å². The third-order valence-corrected chi connectivity index (χ3v) is 5.11. The molecule has 0 radical (unpaired) electrons. The molecular weight excluding hydrogens is 276 g/mol. The van der Waals surface area contributed by atoms with E-state index in [1.807, 2.05) is 29.7 Å². The first-order valence-corrected chi connectivity index (χ1v) is 8.06. The van der Waals surface area contributed by atoms with E-state index in [9.17, 15) is 0 Å². The first-order valence-electron chi connectivity index (χ1n) is 7.24. The summed E-state index contributed by atoms with van der Waals surface area (Å²) in [7, 11) is 0. The van der Waals surface area contributed by atoms with Crippen molar-refractivity contribution in [2.75, 3.05) is 6.54 Å². The van der Waals surface area contributed by atoms with Crippen molar-refractivity contribution in [1.82, 2.24) is 10.3 Å². The van der Waals surface area contributed by atoms with Crippen LogP contribution >= 0.6 is 11.3 Å². The van der Waals surface area contributed by atoms with Gasteiger partial charge in [-0.05, 0) is 41.8 Å². The Morgan fingerprint density at radius 1 is 1.00 bits per heavy atom. The monoisotopic (exact) mass is 292 g/mol. The smallest absolute Gasteiger partial charge is 0.0801 e. The average Bonchev–Trinajstić information content (AvgIpc) is 3.05. The second-order valence-corrected chi connectivity index (χ2v) is 6.37. The van der Waals surface area contributed by atoms with Crippen LogP contribution in [0.15, 0.2) is 60.8 Å². The van der Waals surface area contributed by atoms with Crippen molar-refractivity contribution in [3.05, 3.63) is 76.8 Å². The highest BCUT2D eigenvalue weighted by Crippen LogP contribution is 2.35. The van der Waals surface area contributed by atoms with Gasteiger partial charge in [0.25, 0.3) is 0 Å². The van der Waals surface area contributed by atoms with Gasteiger partial charge in [0.15, 0.2) is 0 Å². The van der Waals surface area contributed by atoms with E-state index >= 15 is 0 Å². The standard InChI is InChI=1S/C18H16N2S/c1-2-6-14-13(5-1)10-12-20-18(14)17-9-8-16(21-17)15-7-3-4-11-19-15/h1-9,11,18,20H,10,12H2/t18-/m0/s1. The van der Waals surface area contributed by atoms with Crippen LogP contribution in [0.3, 0.4) is 0 Å². The summed E-state index contributed by atoms with van der Waals surface area (Å²) in [6.07, 6.45) is 2.97. The number of rotatable bonds is 2. The lowest BCUT2D eigenvalue weighted by molar-refractivity contribution is 0.575. The molecule has 104 valence electrons. The van der Waals surface area contributed by atoms with E-state index < -0.39 is 0 Å². The molecule has 0 saturated heterocycles. The number of fused-ring (bicyclic) bond motifs is 1. The number of hydrogen-bond donors (Lipinski definition) is 1. The second-order valence-electron chi connectivity index (χ2n) is 5.25. The van der Waals surface area contributed by atoms with Crippen molar-refractivity contribution < 1.29 is 0 Å². The van der Waals surface area contributed by atoms with Gasteiger partial charge in [0, 0.05) is 17.6 Å². The van der Waals surface area contributed by atoms with Gasteiger partial charge in [-0.1, -0.05) is 30.3 Å². The molecule has 2 aromatic heterocycles. The quantitative estimate of drug-likeness (QED) is 0.771. The Labute approximate surface area is 128 Å². The lowest BCUT2D eigenvalue weighted by Crippen LogP contribution is -2.29. The number of nitrogens with zero attached hydrogens (tertiary/aromatic N) is 1. The first kappa shape index (κ1) is 12.7. The normalized spacial score (nSPS) is 17.4. The summed E-state index contributed by atoms with van der Waals surface area (Å²) in [5, 5.41) is 3.65. The Balaban J connectivity index is 1.71. The van der Waals surface area contributed by atoms with Gasteiger partial charge in [-0.3, -0.25) is 4.98 Å². The first-order chi connectivity index (χ1) is 10.4. The summed E-state index contributed by atoms with van der Waals surface area (Å²) in [6, 6.07) is 19.5. The minimum Gasteiger partial charge on any atom is -0.305 e. The molecular formula is C18H16N2S. The maximum Gasteiger partial charge on any atom is 0.0801 e. The summed E-state index contributed by atoms with van der Waals surface area (Å²) < 4.78 is 0. The van der Waals surface area contributed by atoms with Crippen LogP contribution < -0.4 is 5.32 Å². The molecule has 0 saturated carbocycles. The predicted molar refractivity (Wildman–Crippen MR) is 87.5 cm³/mol. The topological polar surface area (TPSA) is 24.9 Å². The van der Waals surface area contributed by atoms with Crippen molar-refractivity contribution >= 4 is 11.3 Å². The van der Waals surface area contributed by atoms with Crippen molar-refractivity contribution in [3.8, 4) is 10.6 Å². The molecule has 1 N–H and O–H groups in total. The van der Waals surface area contributed by atoms with E-state index in [1.165, 1.54) is 20.9 Å². The number of benzene rings is 1.